The van der Waals surface area contributed by atoms with Gasteiger partial charge < -0.3 is 9.88 Å². The molecular weight excluding hydrogens is 323 g/mol. The second-order valence-corrected chi connectivity index (χ2v) is 6.77. The quantitative estimate of drug-likeness (QED) is 0.661. The number of aryl methyl sites for hydroxylation is 1. The predicted octanol–water partition coefficient (Wildman–Crippen LogP) is 4.43. The second kappa shape index (κ2) is 7.01. The maximum atomic E-state index is 13.6. The maximum absolute atomic E-state index is 13.6. The Kier molecular flexibility index (Phi) is 4.81. The molecule has 0 saturated carbocycles. The van der Waals surface area contributed by atoms with Crippen LogP contribution >= 0.6 is 11.3 Å². The maximum Gasteiger partial charge on any atom is 0.227 e. The summed E-state index contributed by atoms with van der Waals surface area (Å²) >= 11 is 1.63. The van der Waals surface area contributed by atoms with Crippen LogP contribution in [0, 0.1) is 12.7 Å². The predicted molar refractivity (Wildman–Crippen MR) is 96.6 cm³/mol. The van der Waals surface area contributed by atoms with Gasteiger partial charge in [-0.3, -0.25) is 4.79 Å². The normalized spacial score (nSPS) is 10.9. The molecule has 124 valence electrons. The van der Waals surface area contributed by atoms with Gasteiger partial charge in [0.2, 0.25) is 5.91 Å². The van der Waals surface area contributed by atoms with Crippen LogP contribution in [0.3, 0.4) is 0 Å². The van der Waals surface area contributed by atoms with Gasteiger partial charge in [-0.2, -0.15) is 0 Å². The average Bonchev–Trinajstić information content (AvgIpc) is 3.16. The van der Waals surface area contributed by atoms with Crippen molar-refractivity contribution in [1.29, 1.82) is 0 Å². The van der Waals surface area contributed by atoms with Crippen LogP contribution in [0.25, 0.3) is 10.9 Å². The van der Waals surface area contributed by atoms with Gasteiger partial charge in [-0.25, -0.2) is 4.39 Å². The number of nitrogens with zero attached hydrogens (tertiary/aromatic N) is 1. The van der Waals surface area contributed by atoms with E-state index in [0.29, 0.717) is 13.1 Å². The summed E-state index contributed by atoms with van der Waals surface area (Å²) in [5.41, 5.74) is 2.61. The zero-order chi connectivity index (χ0) is 17.1. The SMILES string of the molecule is C=CCN(Cc1cccs1)C(=O)Cc1c(C)[nH]c2ccc(F)cc12. The number of thiophene rings is 1. The fourth-order valence-electron chi connectivity index (χ4n) is 2.85. The zero-order valence-corrected chi connectivity index (χ0v) is 14.3. The smallest absolute Gasteiger partial charge is 0.227 e. The molecule has 2 aromatic heterocycles. The topological polar surface area (TPSA) is 36.1 Å². The first-order chi connectivity index (χ1) is 11.6. The summed E-state index contributed by atoms with van der Waals surface area (Å²) < 4.78 is 13.6. The molecule has 0 fully saturated rings. The Labute approximate surface area is 144 Å². The number of hydrogen-bond donors (Lipinski definition) is 1. The van der Waals surface area contributed by atoms with Crippen LogP contribution in [0.4, 0.5) is 4.39 Å². The lowest BCUT2D eigenvalue weighted by molar-refractivity contribution is -0.130. The number of amides is 1. The van der Waals surface area contributed by atoms with Gasteiger partial charge in [0.15, 0.2) is 0 Å². The summed E-state index contributed by atoms with van der Waals surface area (Å²) in [4.78, 5) is 18.9. The minimum absolute atomic E-state index is 0.0107. The van der Waals surface area contributed by atoms with E-state index < -0.39 is 0 Å². The van der Waals surface area contributed by atoms with Crippen molar-refractivity contribution >= 4 is 28.1 Å². The number of aromatic nitrogens is 1. The number of rotatable bonds is 6. The fourth-order valence-corrected chi connectivity index (χ4v) is 3.57. The molecule has 0 aliphatic carbocycles. The Hall–Kier alpha value is -2.40. The second-order valence-electron chi connectivity index (χ2n) is 5.74. The molecule has 0 radical (unpaired) electrons. The van der Waals surface area contributed by atoms with Crippen molar-refractivity contribution in [2.24, 2.45) is 0 Å². The van der Waals surface area contributed by atoms with Crippen LogP contribution in [0.2, 0.25) is 0 Å². The molecule has 24 heavy (non-hydrogen) atoms. The van der Waals surface area contributed by atoms with Gasteiger partial charge >= 0.3 is 0 Å². The van der Waals surface area contributed by atoms with Crippen LogP contribution in [-0.2, 0) is 17.8 Å². The third-order valence-electron chi connectivity index (χ3n) is 4.04. The molecule has 3 rings (SSSR count). The molecule has 1 aromatic carbocycles. The number of H-pyrrole nitrogens is 1. The van der Waals surface area contributed by atoms with Gasteiger partial charge in [0.1, 0.15) is 5.82 Å². The van der Waals surface area contributed by atoms with Gasteiger partial charge in [0.05, 0.1) is 13.0 Å². The molecule has 3 aromatic rings. The first kappa shape index (κ1) is 16.5. The average molecular weight is 342 g/mol. The van der Waals surface area contributed by atoms with E-state index in [1.165, 1.54) is 12.1 Å². The van der Waals surface area contributed by atoms with Crippen molar-refractivity contribution in [3.8, 4) is 0 Å². The Bertz CT molecular complexity index is 867. The molecule has 0 spiro atoms. The molecule has 0 saturated heterocycles. The number of aromatic amines is 1. The highest BCUT2D eigenvalue weighted by Gasteiger charge is 2.18. The Balaban J connectivity index is 1.85. The van der Waals surface area contributed by atoms with Crippen LogP contribution in [0.5, 0.6) is 0 Å². The Morgan fingerprint density at radius 3 is 2.96 bits per heavy atom. The van der Waals surface area contributed by atoms with Gasteiger partial charge in [-0.15, -0.1) is 17.9 Å². The molecular formula is C19H19FN2OS. The van der Waals surface area contributed by atoms with Crippen molar-refractivity contribution in [2.45, 2.75) is 19.9 Å². The molecule has 1 N–H and O–H groups in total. The first-order valence-electron chi connectivity index (χ1n) is 7.76. The molecule has 1 amide bonds. The summed E-state index contributed by atoms with van der Waals surface area (Å²) in [6.07, 6.45) is 1.97. The summed E-state index contributed by atoms with van der Waals surface area (Å²) in [7, 11) is 0. The van der Waals surface area contributed by atoms with Crippen molar-refractivity contribution in [1.82, 2.24) is 9.88 Å². The largest absolute Gasteiger partial charge is 0.358 e. The van der Waals surface area contributed by atoms with Gasteiger partial charge in [0, 0.05) is 28.0 Å². The van der Waals surface area contributed by atoms with E-state index >= 15 is 0 Å². The van der Waals surface area contributed by atoms with Crippen molar-refractivity contribution in [3.05, 3.63) is 70.3 Å². The lowest BCUT2D eigenvalue weighted by Gasteiger charge is -2.20. The van der Waals surface area contributed by atoms with E-state index in [1.54, 1.807) is 28.4 Å². The van der Waals surface area contributed by atoms with E-state index in [-0.39, 0.29) is 18.1 Å². The number of carbonyl (C=O) groups excluding carboxylic acids is 1. The highest BCUT2D eigenvalue weighted by atomic mass is 32.1. The number of benzene rings is 1. The molecule has 2 heterocycles. The van der Waals surface area contributed by atoms with Crippen LogP contribution in [0.15, 0.2) is 48.4 Å². The van der Waals surface area contributed by atoms with E-state index in [9.17, 15) is 9.18 Å². The zero-order valence-electron chi connectivity index (χ0n) is 13.5. The Morgan fingerprint density at radius 2 is 2.25 bits per heavy atom. The monoisotopic (exact) mass is 342 g/mol. The lowest BCUT2D eigenvalue weighted by Crippen LogP contribution is -2.31. The van der Waals surface area contributed by atoms with Gasteiger partial charge in [-0.05, 0) is 42.1 Å². The first-order valence-corrected chi connectivity index (χ1v) is 8.64. The minimum Gasteiger partial charge on any atom is -0.358 e. The molecule has 0 aliphatic heterocycles. The summed E-state index contributed by atoms with van der Waals surface area (Å²) in [5.74, 6) is -0.284. The van der Waals surface area contributed by atoms with Crippen LogP contribution in [0.1, 0.15) is 16.1 Å². The van der Waals surface area contributed by atoms with Crippen molar-refractivity contribution in [3.63, 3.8) is 0 Å². The van der Waals surface area contributed by atoms with Gasteiger partial charge in [-0.1, -0.05) is 12.1 Å². The highest BCUT2D eigenvalue weighted by Crippen LogP contribution is 2.24. The number of nitrogens with one attached hydrogen (secondary N) is 1. The molecule has 0 unspecified atom stereocenters. The molecule has 0 atom stereocenters. The number of fused-ring (bicyclic) bond motifs is 1. The van der Waals surface area contributed by atoms with Crippen LogP contribution in [-0.4, -0.2) is 22.3 Å². The number of hydrogen-bond acceptors (Lipinski definition) is 2. The summed E-state index contributed by atoms with van der Waals surface area (Å²) in [6, 6.07) is 8.60. The summed E-state index contributed by atoms with van der Waals surface area (Å²) in [6.45, 7) is 6.72. The van der Waals surface area contributed by atoms with Crippen LogP contribution < -0.4 is 0 Å². The lowest BCUT2D eigenvalue weighted by atomic mass is 10.1. The third kappa shape index (κ3) is 3.41. The standard InChI is InChI=1S/C19H19FN2OS/c1-3-8-22(12-15-5-4-9-24-15)19(23)11-16-13(2)21-18-7-6-14(20)10-17(16)18/h3-7,9-10,21H,1,8,11-12H2,2H3. The minimum atomic E-state index is -0.295. The molecule has 0 bridgehead atoms. The number of halogens is 1. The molecule has 0 aliphatic rings. The molecule has 5 heteroatoms. The van der Waals surface area contributed by atoms with E-state index in [1.807, 2.05) is 24.4 Å². The number of carbonyl (C=O) groups is 1. The summed E-state index contributed by atoms with van der Waals surface area (Å²) in [5, 5.41) is 2.77. The third-order valence-corrected chi connectivity index (χ3v) is 4.90. The van der Waals surface area contributed by atoms with E-state index in [0.717, 1.165) is 27.0 Å². The van der Waals surface area contributed by atoms with E-state index in [4.69, 9.17) is 0 Å². The van der Waals surface area contributed by atoms with Crippen molar-refractivity contribution in [2.75, 3.05) is 6.54 Å². The fraction of sp³-hybridized carbons (Fsp3) is 0.211. The highest BCUT2D eigenvalue weighted by molar-refractivity contribution is 7.09. The van der Waals surface area contributed by atoms with Gasteiger partial charge in [0.25, 0.3) is 0 Å². The van der Waals surface area contributed by atoms with E-state index in [2.05, 4.69) is 11.6 Å². The molecule has 3 nitrogen and oxygen atoms in total. The van der Waals surface area contributed by atoms with Crippen molar-refractivity contribution < 1.29 is 9.18 Å². The Morgan fingerprint density at radius 1 is 1.42 bits per heavy atom.